The zero-order valence-corrected chi connectivity index (χ0v) is 15.9. The molecule has 5 N–H and O–H groups in total. The van der Waals surface area contributed by atoms with Crippen molar-refractivity contribution < 1.29 is 73.4 Å². The Balaban J connectivity index is -0.0000000262. The molecule has 0 aromatic carbocycles. The molecule has 97 valence electrons. The molecule has 0 spiro atoms. The average molecular weight is 454 g/mol. The van der Waals surface area contributed by atoms with Crippen molar-refractivity contribution in [3.8, 4) is 0 Å². The molecule has 0 saturated heterocycles. The Labute approximate surface area is 136 Å². The standard InChI is InChI=1S/C6H16N2.C2H6O.3BrH.Cr/c1-5(2,7)6(3,4)8;1-2-3;;;;/h7-8H2,1-4H3;3H,2H2,1H3;3*1H;/q;;;;;+3/p-3. The van der Waals surface area contributed by atoms with Crippen molar-refractivity contribution in [1.82, 2.24) is 0 Å². The SMILES string of the molecule is CC(C)(N)C(C)(C)N.CCO.[Br-].[Br-].[Br-].[Cr+3]. The molecule has 7 heteroatoms. The molecule has 0 aromatic rings. The summed E-state index contributed by atoms with van der Waals surface area (Å²) < 4.78 is 0. The number of hydrogen-bond acceptors (Lipinski definition) is 3. The second-order valence-electron chi connectivity index (χ2n) is 3.76. The van der Waals surface area contributed by atoms with Gasteiger partial charge in [0.25, 0.3) is 0 Å². The van der Waals surface area contributed by atoms with E-state index < -0.39 is 0 Å². The van der Waals surface area contributed by atoms with Crippen molar-refractivity contribution in [2.45, 2.75) is 45.7 Å². The molecule has 0 atom stereocenters. The predicted molar refractivity (Wildman–Crippen MR) is 49.3 cm³/mol. The summed E-state index contributed by atoms with van der Waals surface area (Å²) in [6.45, 7) is 9.62. The Morgan fingerprint density at radius 2 is 0.933 bits per heavy atom. The Morgan fingerprint density at radius 3 is 0.933 bits per heavy atom. The van der Waals surface area contributed by atoms with Crippen molar-refractivity contribution in [3.63, 3.8) is 0 Å². The molecule has 0 heterocycles. The molecule has 0 aromatic heterocycles. The monoisotopic (exact) mass is 451 g/mol. The largest absolute Gasteiger partial charge is 3.00 e. The van der Waals surface area contributed by atoms with Crippen LogP contribution in [0.15, 0.2) is 0 Å². The van der Waals surface area contributed by atoms with Gasteiger partial charge in [0.05, 0.1) is 0 Å². The average Bonchev–Trinajstić information content (AvgIpc) is 1.60. The Kier molecular flexibility index (Phi) is 38.0. The predicted octanol–water partition coefficient (Wildman–Crippen LogP) is -8.53. The molecule has 1 radical (unpaired) electrons. The van der Waals surface area contributed by atoms with Gasteiger partial charge in [0, 0.05) is 17.7 Å². The number of halogens is 3. The molecule has 0 rings (SSSR count). The molecule has 0 aliphatic rings. The molecule has 0 saturated carbocycles. The van der Waals surface area contributed by atoms with Gasteiger partial charge in [-0.15, -0.1) is 0 Å². The minimum atomic E-state index is -0.285. The van der Waals surface area contributed by atoms with Crippen LogP contribution in [-0.2, 0) is 17.4 Å². The van der Waals surface area contributed by atoms with Crippen LogP contribution in [0.2, 0.25) is 0 Å². The van der Waals surface area contributed by atoms with Gasteiger partial charge in [-0.1, -0.05) is 0 Å². The molecule has 0 bridgehead atoms. The van der Waals surface area contributed by atoms with Gasteiger partial charge in [0.15, 0.2) is 0 Å². The van der Waals surface area contributed by atoms with Crippen LogP contribution >= 0.6 is 0 Å². The third-order valence-electron chi connectivity index (χ3n) is 1.66. The first-order valence-corrected chi connectivity index (χ1v) is 3.85. The summed E-state index contributed by atoms with van der Waals surface area (Å²) >= 11 is 0. The van der Waals surface area contributed by atoms with Crippen LogP contribution in [0, 0.1) is 0 Å². The van der Waals surface area contributed by atoms with Gasteiger partial charge in [-0.3, -0.25) is 0 Å². The van der Waals surface area contributed by atoms with Gasteiger partial charge < -0.3 is 67.5 Å². The summed E-state index contributed by atoms with van der Waals surface area (Å²) in [7, 11) is 0. The first-order valence-electron chi connectivity index (χ1n) is 3.85. The maximum atomic E-state index is 7.57. The van der Waals surface area contributed by atoms with Gasteiger partial charge >= 0.3 is 17.4 Å². The fraction of sp³-hybridized carbons (Fsp3) is 1.00. The molecule has 0 aliphatic carbocycles. The molecular weight excluding hydrogens is 432 g/mol. The summed E-state index contributed by atoms with van der Waals surface area (Å²) in [5.74, 6) is 0. The first-order chi connectivity index (χ1) is 4.66. The van der Waals surface area contributed by atoms with Gasteiger partial charge in [0.1, 0.15) is 0 Å². The Bertz CT molecular complexity index is 93.0. The number of aliphatic hydroxyl groups excluding tert-OH is 1. The van der Waals surface area contributed by atoms with Crippen LogP contribution in [0.1, 0.15) is 34.6 Å². The maximum absolute atomic E-state index is 7.57. The maximum Gasteiger partial charge on any atom is 3.00 e. The number of aliphatic hydroxyl groups is 1. The van der Waals surface area contributed by atoms with Crippen LogP contribution in [0.5, 0.6) is 0 Å². The molecule has 3 nitrogen and oxygen atoms in total. The van der Waals surface area contributed by atoms with Gasteiger partial charge in [-0.2, -0.15) is 0 Å². The summed E-state index contributed by atoms with van der Waals surface area (Å²) in [5.41, 5.74) is 10.8. The fourth-order valence-corrected chi connectivity index (χ4v) is 0. The third-order valence-corrected chi connectivity index (χ3v) is 1.66. The molecule has 0 amide bonds. The quantitative estimate of drug-likeness (QED) is 0.369. The molecule has 0 unspecified atom stereocenters. The van der Waals surface area contributed by atoms with Crippen LogP contribution in [0.4, 0.5) is 0 Å². The number of hydrogen-bond donors (Lipinski definition) is 3. The number of rotatable bonds is 1. The summed E-state index contributed by atoms with van der Waals surface area (Å²) in [6.07, 6.45) is 0. The molecule has 15 heavy (non-hydrogen) atoms. The smallest absolute Gasteiger partial charge is 1.00 e. The van der Waals surface area contributed by atoms with Gasteiger partial charge in [0.2, 0.25) is 0 Å². The van der Waals surface area contributed by atoms with Crippen molar-refractivity contribution in [2.24, 2.45) is 11.5 Å². The van der Waals surface area contributed by atoms with Crippen LogP contribution < -0.4 is 62.4 Å². The second-order valence-corrected chi connectivity index (χ2v) is 3.76. The van der Waals surface area contributed by atoms with Crippen molar-refractivity contribution in [1.29, 1.82) is 0 Å². The summed E-state index contributed by atoms with van der Waals surface area (Å²) in [5, 5.41) is 7.57. The van der Waals surface area contributed by atoms with Crippen molar-refractivity contribution in [3.05, 3.63) is 0 Å². The van der Waals surface area contributed by atoms with E-state index in [1.807, 2.05) is 27.7 Å². The van der Waals surface area contributed by atoms with E-state index in [1.54, 1.807) is 6.92 Å². The van der Waals surface area contributed by atoms with E-state index >= 15 is 0 Å². The normalized spacial score (nSPS) is 8.80. The van der Waals surface area contributed by atoms with E-state index in [0.717, 1.165) is 0 Å². The zero-order valence-electron chi connectivity index (χ0n) is 9.85. The van der Waals surface area contributed by atoms with E-state index in [1.165, 1.54) is 0 Å². The van der Waals surface area contributed by atoms with E-state index in [4.69, 9.17) is 16.6 Å². The molecule has 0 aliphatic heterocycles. The van der Waals surface area contributed by atoms with Gasteiger partial charge in [-0.05, 0) is 34.6 Å². The second kappa shape index (κ2) is 15.9. The van der Waals surface area contributed by atoms with E-state index in [0.29, 0.717) is 0 Å². The Hall–Kier alpha value is 1.85. The van der Waals surface area contributed by atoms with Gasteiger partial charge in [-0.25, -0.2) is 0 Å². The minimum absolute atomic E-state index is 0. The zero-order chi connectivity index (χ0) is 9.71. The Morgan fingerprint density at radius 1 is 0.867 bits per heavy atom. The summed E-state index contributed by atoms with van der Waals surface area (Å²) in [4.78, 5) is 0. The van der Waals surface area contributed by atoms with Crippen molar-refractivity contribution in [2.75, 3.05) is 6.61 Å². The summed E-state index contributed by atoms with van der Waals surface area (Å²) in [6, 6.07) is 0. The van der Waals surface area contributed by atoms with E-state index in [2.05, 4.69) is 0 Å². The van der Waals surface area contributed by atoms with Crippen LogP contribution in [0.3, 0.4) is 0 Å². The first kappa shape index (κ1) is 36.0. The van der Waals surface area contributed by atoms with Crippen molar-refractivity contribution >= 4 is 0 Å². The van der Waals surface area contributed by atoms with E-state index in [9.17, 15) is 0 Å². The van der Waals surface area contributed by atoms with E-state index in [-0.39, 0.29) is 86.0 Å². The molecular formula is C8H22Br3CrN2O. The minimum Gasteiger partial charge on any atom is -1.00 e. The third kappa shape index (κ3) is 25.8. The topological polar surface area (TPSA) is 72.3 Å². The number of nitrogens with two attached hydrogens (primary N) is 2. The van der Waals surface area contributed by atoms with Crippen LogP contribution in [-0.4, -0.2) is 22.8 Å². The van der Waals surface area contributed by atoms with Crippen LogP contribution in [0.25, 0.3) is 0 Å². The molecule has 0 fully saturated rings. The fourth-order valence-electron chi connectivity index (χ4n) is 0.